The minimum Gasteiger partial charge on any atom is -0.353 e. The van der Waals surface area contributed by atoms with Crippen LogP contribution in [0.4, 0.5) is 16.5 Å². The molecule has 0 N–H and O–H groups in total. The van der Waals surface area contributed by atoms with Crippen LogP contribution in [0.25, 0.3) is 0 Å². The lowest BCUT2D eigenvalue weighted by Gasteiger charge is -2.35. The molecule has 2 aromatic rings. The third-order valence-electron chi connectivity index (χ3n) is 3.82. The molecular formula is C14H13N5O5S. The number of anilines is 1. The highest BCUT2D eigenvalue weighted by Crippen LogP contribution is 2.26. The molecule has 2 aromatic heterocycles. The van der Waals surface area contributed by atoms with Crippen molar-refractivity contribution >= 4 is 33.8 Å². The molecule has 0 atom stereocenters. The van der Waals surface area contributed by atoms with E-state index in [0.717, 1.165) is 11.3 Å². The van der Waals surface area contributed by atoms with Gasteiger partial charge in [0.05, 0.1) is 14.7 Å². The van der Waals surface area contributed by atoms with E-state index in [1.54, 1.807) is 11.0 Å². The van der Waals surface area contributed by atoms with Crippen LogP contribution in [0.5, 0.6) is 0 Å². The van der Waals surface area contributed by atoms with Gasteiger partial charge in [-0.3, -0.25) is 25.0 Å². The average molecular weight is 363 g/mol. The highest BCUT2D eigenvalue weighted by molar-refractivity contribution is 7.17. The van der Waals surface area contributed by atoms with Gasteiger partial charge in [0, 0.05) is 38.3 Å². The molecule has 0 aliphatic carbocycles. The Hall–Kier alpha value is -3.08. The van der Waals surface area contributed by atoms with Crippen molar-refractivity contribution in [3.63, 3.8) is 0 Å². The molecule has 0 radical (unpaired) electrons. The van der Waals surface area contributed by atoms with Gasteiger partial charge in [0.2, 0.25) is 0 Å². The molecule has 1 amide bonds. The van der Waals surface area contributed by atoms with Gasteiger partial charge in [-0.05, 0) is 12.1 Å². The molecule has 130 valence electrons. The maximum absolute atomic E-state index is 12.4. The second-order valence-electron chi connectivity index (χ2n) is 5.31. The fourth-order valence-corrected chi connectivity index (χ4v) is 3.30. The Morgan fingerprint density at radius 2 is 1.76 bits per heavy atom. The number of carbonyl (C=O) groups is 1. The van der Waals surface area contributed by atoms with Gasteiger partial charge in [-0.1, -0.05) is 11.3 Å². The van der Waals surface area contributed by atoms with E-state index in [0.29, 0.717) is 36.9 Å². The zero-order chi connectivity index (χ0) is 18.0. The van der Waals surface area contributed by atoms with Crippen LogP contribution in [0.15, 0.2) is 30.5 Å². The van der Waals surface area contributed by atoms with E-state index in [1.807, 2.05) is 4.90 Å². The van der Waals surface area contributed by atoms with Crippen LogP contribution < -0.4 is 4.90 Å². The smallest absolute Gasteiger partial charge is 0.324 e. The number of carbonyl (C=O) groups excluding carboxylic acids is 1. The Kier molecular flexibility index (Phi) is 4.57. The third-order valence-corrected chi connectivity index (χ3v) is 4.84. The average Bonchev–Trinajstić information content (AvgIpc) is 3.12. The van der Waals surface area contributed by atoms with E-state index >= 15 is 0 Å². The standard InChI is InChI=1S/C14H13N5O5S/c20-14(11-2-4-13(25-11)19(23)24)17-7-5-16(6-8-17)12-3-1-10(9-15-12)18(21)22/h1-4,9H,5-8H2. The number of amides is 1. The van der Waals surface area contributed by atoms with Crippen LogP contribution in [0.1, 0.15) is 9.67 Å². The summed E-state index contributed by atoms with van der Waals surface area (Å²) in [5, 5.41) is 21.3. The Balaban J connectivity index is 1.61. The van der Waals surface area contributed by atoms with Crippen LogP contribution in [0.2, 0.25) is 0 Å². The maximum Gasteiger partial charge on any atom is 0.324 e. The summed E-state index contributed by atoms with van der Waals surface area (Å²) in [5.41, 5.74) is -0.0724. The normalized spacial score (nSPS) is 14.4. The molecule has 0 spiro atoms. The number of piperazine rings is 1. The van der Waals surface area contributed by atoms with Crippen molar-refractivity contribution in [1.29, 1.82) is 0 Å². The van der Waals surface area contributed by atoms with Crippen LogP contribution in [-0.2, 0) is 0 Å². The van der Waals surface area contributed by atoms with Crippen LogP contribution in [0, 0.1) is 20.2 Å². The van der Waals surface area contributed by atoms with Gasteiger partial charge in [0.1, 0.15) is 12.0 Å². The number of rotatable bonds is 4. The van der Waals surface area contributed by atoms with Crippen molar-refractivity contribution in [1.82, 2.24) is 9.88 Å². The Morgan fingerprint density at radius 3 is 2.28 bits per heavy atom. The quantitative estimate of drug-likeness (QED) is 0.600. The molecule has 1 saturated heterocycles. The number of hydrogen-bond acceptors (Lipinski definition) is 8. The first kappa shape index (κ1) is 16.8. The molecular weight excluding hydrogens is 350 g/mol. The summed E-state index contributed by atoms with van der Waals surface area (Å²) >= 11 is 0.864. The van der Waals surface area contributed by atoms with Gasteiger partial charge in [0.25, 0.3) is 11.6 Å². The minimum absolute atomic E-state index is 0.0583. The van der Waals surface area contributed by atoms with Crippen molar-refractivity contribution in [3.8, 4) is 0 Å². The number of pyridine rings is 1. The van der Waals surface area contributed by atoms with Gasteiger partial charge >= 0.3 is 5.00 Å². The predicted octanol–water partition coefficient (Wildman–Crippen LogP) is 1.92. The molecule has 0 saturated carbocycles. The lowest BCUT2D eigenvalue weighted by Crippen LogP contribution is -2.48. The number of thiophene rings is 1. The molecule has 3 heterocycles. The monoisotopic (exact) mass is 363 g/mol. The Bertz CT molecular complexity index is 813. The van der Waals surface area contributed by atoms with Crippen molar-refractivity contribution in [2.45, 2.75) is 0 Å². The maximum atomic E-state index is 12.4. The van der Waals surface area contributed by atoms with Crippen molar-refractivity contribution in [3.05, 3.63) is 55.6 Å². The van der Waals surface area contributed by atoms with E-state index in [1.165, 1.54) is 24.4 Å². The largest absolute Gasteiger partial charge is 0.353 e. The Morgan fingerprint density at radius 1 is 1.04 bits per heavy atom. The molecule has 3 rings (SSSR count). The highest BCUT2D eigenvalue weighted by Gasteiger charge is 2.25. The van der Waals surface area contributed by atoms with Gasteiger partial charge < -0.3 is 9.80 Å². The summed E-state index contributed by atoms with van der Waals surface area (Å²) in [6, 6.07) is 5.77. The second kappa shape index (κ2) is 6.81. The first-order valence-electron chi connectivity index (χ1n) is 7.34. The van der Waals surface area contributed by atoms with Crippen LogP contribution in [0.3, 0.4) is 0 Å². The molecule has 10 nitrogen and oxygen atoms in total. The minimum atomic E-state index is -0.514. The van der Waals surface area contributed by atoms with Crippen molar-refractivity contribution in [2.24, 2.45) is 0 Å². The molecule has 25 heavy (non-hydrogen) atoms. The van der Waals surface area contributed by atoms with Gasteiger partial charge in [-0.15, -0.1) is 0 Å². The number of aromatic nitrogens is 1. The number of nitro groups is 2. The molecule has 11 heteroatoms. The molecule has 1 fully saturated rings. The molecule has 0 aromatic carbocycles. The SMILES string of the molecule is O=C(c1ccc([N+](=O)[O-])s1)N1CCN(c2ccc([N+](=O)[O-])cn2)CC1. The van der Waals surface area contributed by atoms with E-state index in [-0.39, 0.29) is 16.6 Å². The molecule has 1 aliphatic rings. The van der Waals surface area contributed by atoms with Crippen molar-refractivity contribution in [2.75, 3.05) is 31.1 Å². The van der Waals surface area contributed by atoms with Crippen LogP contribution in [-0.4, -0.2) is 51.8 Å². The third kappa shape index (κ3) is 3.55. The number of nitrogens with zero attached hydrogens (tertiary/aromatic N) is 5. The van der Waals surface area contributed by atoms with E-state index in [9.17, 15) is 25.0 Å². The predicted molar refractivity (Wildman–Crippen MR) is 90.0 cm³/mol. The molecule has 0 bridgehead atoms. The van der Waals surface area contributed by atoms with Crippen molar-refractivity contribution < 1.29 is 14.6 Å². The molecule has 0 unspecified atom stereocenters. The summed E-state index contributed by atoms with van der Waals surface area (Å²) in [6.45, 7) is 1.96. The second-order valence-corrected chi connectivity index (χ2v) is 6.37. The summed E-state index contributed by atoms with van der Waals surface area (Å²) in [4.78, 5) is 40.7. The summed E-state index contributed by atoms with van der Waals surface area (Å²) in [6.07, 6.45) is 1.21. The van der Waals surface area contributed by atoms with E-state index in [4.69, 9.17) is 0 Å². The number of hydrogen-bond donors (Lipinski definition) is 0. The molecule has 1 aliphatic heterocycles. The lowest BCUT2D eigenvalue weighted by atomic mass is 10.2. The van der Waals surface area contributed by atoms with E-state index in [2.05, 4.69) is 4.98 Å². The van der Waals surface area contributed by atoms with Gasteiger partial charge in [-0.2, -0.15) is 0 Å². The Labute approximate surface area is 145 Å². The van der Waals surface area contributed by atoms with Gasteiger partial charge in [0.15, 0.2) is 0 Å². The fourth-order valence-electron chi connectivity index (χ4n) is 2.51. The zero-order valence-electron chi connectivity index (χ0n) is 12.9. The first-order valence-corrected chi connectivity index (χ1v) is 8.16. The highest BCUT2D eigenvalue weighted by atomic mass is 32.1. The summed E-state index contributed by atoms with van der Waals surface area (Å²) in [5.74, 6) is 0.388. The van der Waals surface area contributed by atoms with Gasteiger partial charge in [-0.25, -0.2) is 4.98 Å². The zero-order valence-corrected chi connectivity index (χ0v) is 13.7. The summed E-state index contributed by atoms with van der Waals surface area (Å²) < 4.78 is 0. The first-order chi connectivity index (χ1) is 12.0. The fraction of sp³-hybridized carbons (Fsp3) is 0.286. The van der Waals surface area contributed by atoms with Crippen LogP contribution >= 0.6 is 11.3 Å². The summed E-state index contributed by atoms with van der Waals surface area (Å²) in [7, 11) is 0. The van der Waals surface area contributed by atoms with E-state index < -0.39 is 9.85 Å². The topological polar surface area (TPSA) is 123 Å². The lowest BCUT2D eigenvalue weighted by molar-refractivity contribution is -0.385.